The van der Waals surface area contributed by atoms with Crippen molar-refractivity contribution in [2.24, 2.45) is 10.9 Å². The fraction of sp³-hybridized carbons (Fsp3) is 0.467. The van der Waals surface area contributed by atoms with E-state index < -0.39 is 0 Å². The van der Waals surface area contributed by atoms with Crippen molar-refractivity contribution < 1.29 is 19.0 Å². The fourth-order valence-electron chi connectivity index (χ4n) is 5.24. The smallest absolute Gasteiger partial charge is 0.258 e. The van der Waals surface area contributed by atoms with Crippen molar-refractivity contribution >= 4 is 22.5 Å². The van der Waals surface area contributed by atoms with E-state index in [4.69, 9.17) is 14.2 Å². The predicted molar refractivity (Wildman–Crippen MR) is 149 cm³/mol. The van der Waals surface area contributed by atoms with Crippen molar-refractivity contribution in [1.29, 1.82) is 0 Å². The monoisotopic (exact) mass is 505 g/mol. The molecule has 0 radical (unpaired) electrons. The number of fused-ring (bicyclic) bond motifs is 1. The second kappa shape index (κ2) is 11.7. The van der Waals surface area contributed by atoms with E-state index in [0.29, 0.717) is 23.2 Å². The molecule has 7 heteroatoms. The van der Waals surface area contributed by atoms with Crippen LogP contribution in [0.1, 0.15) is 57.9 Å². The van der Waals surface area contributed by atoms with Crippen LogP contribution in [0.3, 0.4) is 0 Å². The van der Waals surface area contributed by atoms with Crippen molar-refractivity contribution in [2.45, 2.75) is 58.4 Å². The minimum Gasteiger partial charge on any atom is -0.493 e. The number of rotatable bonds is 8. The number of benzene rings is 2. The Bertz CT molecular complexity index is 1280. The standard InChI is InChI=1S/C30H39N3O4/c1-18(2)29-22-16-21(37-17-28(34)32-25-12-8-19(3)7-11-24(25)31-4)10-13-23(22)33-30(29)20-9-14-26(35-5)27(15-20)36-6/h9-10,13-16,18-19,25,33H,7-8,11-12,17H2,1-6H3,(H,32,34)/b31-24+/t19-,25?/m1/s1. The van der Waals surface area contributed by atoms with Gasteiger partial charge in [-0.25, -0.2) is 0 Å². The van der Waals surface area contributed by atoms with Crippen LogP contribution < -0.4 is 19.5 Å². The molecule has 0 saturated heterocycles. The average molecular weight is 506 g/mol. The Hall–Kier alpha value is -3.48. The highest BCUT2D eigenvalue weighted by molar-refractivity contribution is 5.94. The van der Waals surface area contributed by atoms with Gasteiger partial charge in [0.1, 0.15) is 5.75 Å². The van der Waals surface area contributed by atoms with E-state index in [1.165, 1.54) is 5.56 Å². The molecule has 198 valence electrons. The summed E-state index contributed by atoms with van der Waals surface area (Å²) in [5.41, 5.74) is 5.34. The molecule has 7 nitrogen and oxygen atoms in total. The summed E-state index contributed by atoms with van der Waals surface area (Å²) in [5, 5.41) is 4.22. The number of hydrogen-bond donors (Lipinski definition) is 2. The van der Waals surface area contributed by atoms with Gasteiger partial charge in [0.25, 0.3) is 5.91 Å². The molecule has 37 heavy (non-hydrogen) atoms. The number of carbonyl (C=O) groups is 1. The summed E-state index contributed by atoms with van der Waals surface area (Å²) in [6, 6.07) is 11.9. The highest BCUT2D eigenvalue weighted by Gasteiger charge is 2.23. The Labute approximate surface area is 219 Å². The van der Waals surface area contributed by atoms with Gasteiger partial charge < -0.3 is 24.5 Å². The van der Waals surface area contributed by atoms with Crippen LogP contribution in [0, 0.1) is 5.92 Å². The zero-order valence-corrected chi connectivity index (χ0v) is 22.8. The molecule has 2 N–H and O–H groups in total. The summed E-state index contributed by atoms with van der Waals surface area (Å²) >= 11 is 0. The van der Waals surface area contributed by atoms with Crippen LogP contribution in [0.5, 0.6) is 17.2 Å². The summed E-state index contributed by atoms with van der Waals surface area (Å²) in [4.78, 5) is 20.8. The third kappa shape index (κ3) is 5.92. The van der Waals surface area contributed by atoms with Crippen LogP contribution in [-0.2, 0) is 4.79 Å². The van der Waals surface area contributed by atoms with Crippen LogP contribution in [0.25, 0.3) is 22.2 Å². The van der Waals surface area contributed by atoms with E-state index in [9.17, 15) is 4.79 Å². The number of nitrogens with zero attached hydrogens (tertiary/aromatic N) is 1. The fourth-order valence-corrected chi connectivity index (χ4v) is 5.24. The molecule has 1 amide bonds. The molecular formula is C30H39N3O4. The molecule has 1 heterocycles. The minimum atomic E-state index is -0.120. The Morgan fingerprint density at radius 3 is 2.57 bits per heavy atom. The Kier molecular flexibility index (Phi) is 8.41. The molecule has 2 atom stereocenters. The van der Waals surface area contributed by atoms with Crippen molar-refractivity contribution in [3.8, 4) is 28.5 Å². The van der Waals surface area contributed by atoms with Crippen LogP contribution >= 0.6 is 0 Å². The highest BCUT2D eigenvalue weighted by atomic mass is 16.5. The summed E-state index contributed by atoms with van der Waals surface area (Å²) < 4.78 is 16.9. The van der Waals surface area contributed by atoms with Gasteiger partial charge >= 0.3 is 0 Å². The van der Waals surface area contributed by atoms with Gasteiger partial charge in [0.15, 0.2) is 18.1 Å². The number of aromatic nitrogens is 1. The summed E-state index contributed by atoms with van der Waals surface area (Å²) in [6.07, 6.45) is 4.07. The molecule has 3 aromatic rings. The molecule has 1 unspecified atom stereocenters. The molecule has 1 fully saturated rings. The van der Waals surface area contributed by atoms with E-state index in [0.717, 1.165) is 53.6 Å². The van der Waals surface area contributed by atoms with Gasteiger partial charge in [-0.2, -0.15) is 0 Å². The molecule has 0 bridgehead atoms. The number of aliphatic imine (C=N–C) groups is 1. The molecule has 1 saturated carbocycles. The lowest BCUT2D eigenvalue weighted by Crippen LogP contribution is -2.42. The molecule has 1 aromatic heterocycles. The quantitative estimate of drug-likeness (QED) is 0.361. The van der Waals surface area contributed by atoms with Gasteiger partial charge in [-0.05, 0) is 79.5 Å². The molecule has 2 aromatic carbocycles. The minimum absolute atomic E-state index is 0.00482. The summed E-state index contributed by atoms with van der Waals surface area (Å²) in [5.74, 6) is 2.84. The molecule has 0 aliphatic heterocycles. The number of aromatic amines is 1. The Morgan fingerprint density at radius 1 is 1.08 bits per heavy atom. The topological polar surface area (TPSA) is 84.9 Å². The normalized spacial score (nSPS) is 19.2. The van der Waals surface area contributed by atoms with Gasteiger partial charge in [0.2, 0.25) is 0 Å². The number of methoxy groups -OCH3 is 2. The second-order valence-electron chi connectivity index (χ2n) is 10.2. The van der Waals surface area contributed by atoms with Crippen LogP contribution in [0.15, 0.2) is 41.4 Å². The maximum Gasteiger partial charge on any atom is 0.258 e. The first kappa shape index (κ1) is 26.6. The lowest BCUT2D eigenvalue weighted by atomic mass is 9.96. The molecule has 0 spiro atoms. The zero-order chi connectivity index (χ0) is 26.5. The van der Waals surface area contributed by atoms with E-state index in [1.54, 1.807) is 14.2 Å². The maximum atomic E-state index is 12.8. The average Bonchev–Trinajstić information content (AvgIpc) is 3.19. The van der Waals surface area contributed by atoms with Gasteiger partial charge in [-0.1, -0.05) is 20.8 Å². The number of carbonyl (C=O) groups excluding carboxylic acids is 1. The molecule has 4 rings (SSSR count). The maximum absolute atomic E-state index is 12.8. The van der Waals surface area contributed by atoms with Crippen molar-refractivity contribution in [3.63, 3.8) is 0 Å². The second-order valence-corrected chi connectivity index (χ2v) is 10.2. The number of hydrogen-bond acceptors (Lipinski definition) is 5. The highest BCUT2D eigenvalue weighted by Crippen LogP contribution is 2.39. The Morgan fingerprint density at radius 2 is 1.86 bits per heavy atom. The van der Waals surface area contributed by atoms with Gasteiger partial charge in [-0.3, -0.25) is 9.79 Å². The van der Waals surface area contributed by atoms with Crippen LogP contribution in [0.2, 0.25) is 0 Å². The largest absolute Gasteiger partial charge is 0.493 e. The third-order valence-corrected chi connectivity index (χ3v) is 7.30. The lowest BCUT2D eigenvalue weighted by Gasteiger charge is -2.18. The number of H-pyrrole nitrogens is 1. The van der Waals surface area contributed by atoms with Gasteiger partial charge in [-0.15, -0.1) is 0 Å². The molecule has 1 aliphatic rings. The zero-order valence-electron chi connectivity index (χ0n) is 22.8. The number of amides is 1. The summed E-state index contributed by atoms with van der Waals surface area (Å²) in [7, 11) is 5.09. The third-order valence-electron chi connectivity index (χ3n) is 7.30. The first-order chi connectivity index (χ1) is 17.8. The number of ether oxygens (including phenoxy) is 3. The van der Waals surface area contributed by atoms with E-state index >= 15 is 0 Å². The van der Waals surface area contributed by atoms with Crippen LogP contribution in [0.4, 0.5) is 0 Å². The molecule has 1 aliphatic carbocycles. The van der Waals surface area contributed by atoms with E-state index in [1.807, 2.05) is 43.4 Å². The predicted octanol–water partition coefficient (Wildman–Crippen LogP) is 6.12. The van der Waals surface area contributed by atoms with Crippen molar-refractivity contribution in [1.82, 2.24) is 10.3 Å². The first-order valence-corrected chi connectivity index (χ1v) is 13.1. The summed E-state index contributed by atoms with van der Waals surface area (Å²) in [6.45, 7) is 6.58. The van der Waals surface area contributed by atoms with E-state index in [-0.39, 0.29) is 24.5 Å². The number of nitrogens with one attached hydrogen (secondary N) is 2. The van der Waals surface area contributed by atoms with Gasteiger partial charge in [0.05, 0.1) is 26.0 Å². The Balaban J connectivity index is 1.53. The first-order valence-electron chi connectivity index (χ1n) is 13.1. The lowest BCUT2D eigenvalue weighted by molar-refractivity contribution is -0.123. The van der Waals surface area contributed by atoms with Crippen LogP contribution in [-0.4, -0.2) is 50.5 Å². The van der Waals surface area contributed by atoms with Gasteiger partial charge in [0, 0.05) is 29.2 Å². The van der Waals surface area contributed by atoms with Crippen molar-refractivity contribution in [2.75, 3.05) is 27.9 Å². The molecular weight excluding hydrogens is 466 g/mol. The van der Waals surface area contributed by atoms with Crippen molar-refractivity contribution in [3.05, 3.63) is 42.0 Å². The van der Waals surface area contributed by atoms with E-state index in [2.05, 4.69) is 36.1 Å². The SMILES string of the molecule is C/N=C1\CC[C@@H](C)CCC1NC(=O)COc1ccc2[nH]c(-c3ccc(OC)c(OC)c3)c(C(C)C)c2c1.